The molecule has 0 saturated heterocycles. The van der Waals surface area contributed by atoms with Crippen molar-refractivity contribution in [1.82, 2.24) is 19.2 Å². The zero-order chi connectivity index (χ0) is 22.9. The number of para-hydroxylation sites is 1. The molecular weight excluding hydrogens is 440 g/mol. The van der Waals surface area contributed by atoms with Gasteiger partial charge in [0.05, 0.1) is 30.3 Å². The molecule has 5 rings (SSSR count). The van der Waals surface area contributed by atoms with E-state index in [1.807, 2.05) is 59.0 Å². The standard InChI is InChI=1S/C24H20N4O4S/c1-15-19(22(30)31-2)12-17(32-15)14-33-24-26-25-23-27(13-16-8-4-3-5-9-16)21(29)18-10-6-7-11-20(18)28(23)24/h3-12H,13-14H2,1-2H3. The maximum atomic E-state index is 13.3. The van der Waals surface area contributed by atoms with Crippen LogP contribution in [0.1, 0.15) is 27.4 Å². The van der Waals surface area contributed by atoms with Crippen molar-refractivity contribution >= 4 is 34.4 Å². The number of benzene rings is 2. The first-order chi connectivity index (χ1) is 16.1. The number of hydrogen-bond acceptors (Lipinski definition) is 7. The number of aromatic nitrogens is 4. The van der Waals surface area contributed by atoms with Gasteiger partial charge in [0, 0.05) is 0 Å². The monoisotopic (exact) mass is 460 g/mol. The van der Waals surface area contributed by atoms with E-state index in [4.69, 9.17) is 9.15 Å². The van der Waals surface area contributed by atoms with Gasteiger partial charge in [-0.15, -0.1) is 10.2 Å². The highest BCUT2D eigenvalue weighted by Gasteiger charge is 2.19. The van der Waals surface area contributed by atoms with Gasteiger partial charge in [0.1, 0.15) is 17.1 Å². The van der Waals surface area contributed by atoms with E-state index in [1.54, 1.807) is 17.6 Å². The fraction of sp³-hybridized carbons (Fsp3) is 0.167. The van der Waals surface area contributed by atoms with E-state index in [0.717, 1.165) is 11.1 Å². The minimum atomic E-state index is -0.434. The number of rotatable bonds is 6. The summed E-state index contributed by atoms with van der Waals surface area (Å²) in [5.74, 6) is 1.60. The molecule has 8 nitrogen and oxygen atoms in total. The summed E-state index contributed by atoms with van der Waals surface area (Å²) < 4.78 is 14.0. The van der Waals surface area contributed by atoms with Crippen LogP contribution in [0, 0.1) is 6.92 Å². The molecule has 0 saturated carbocycles. The van der Waals surface area contributed by atoms with Crippen molar-refractivity contribution < 1.29 is 13.9 Å². The molecule has 0 aliphatic heterocycles. The van der Waals surface area contributed by atoms with Crippen LogP contribution in [0.15, 0.2) is 75.0 Å². The highest BCUT2D eigenvalue weighted by molar-refractivity contribution is 7.98. The van der Waals surface area contributed by atoms with Crippen LogP contribution >= 0.6 is 11.8 Å². The van der Waals surface area contributed by atoms with E-state index >= 15 is 0 Å². The van der Waals surface area contributed by atoms with Gasteiger partial charge in [0.25, 0.3) is 5.56 Å². The zero-order valence-electron chi connectivity index (χ0n) is 18.0. The van der Waals surface area contributed by atoms with Crippen LogP contribution in [-0.4, -0.2) is 32.2 Å². The third-order valence-electron chi connectivity index (χ3n) is 5.38. The molecule has 0 spiro atoms. The zero-order valence-corrected chi connectivity index (χ0v) is 18.8. The van der Waals surface area contributed by atoms with Gasteiger partial charge in [-0.2, -0.15) is 0 Å². The second-order valence-electron chi connectivity index (χ2n) is 7.47. The Morgan fingerprint density at radius 2 is 1.85 bits per heavy atom. The van der Waals surface area contributed by atoms with Crippen LogP contribution in [0.2, 0.25) is 0 Å². The van der Waals surface area contributed by atoms with Crippen molar-refractivity contribution in [1.29, 1.82) is 0 Å². The van der Waals surface area contributed by atoms with Crippen LogP contribution in [0.25, 0.3) is 16.7 Å². The average molecular weight is 461 g/mol. The molecule has 0 amide bonds. The minimum absolute atomic E-state index is 0.115. The molecule has 0 aliphatic carbocycles. The number of thioether (sulfide) groups is 1. The van der Waals surface area contributed by atoms with Gasteiger partial charge in [-0.05, 0) is 30.7 Å². The van der Waals surface area contributed by atoms with Gasteiger partial charge in [0.15, 0.2) is 5.16 Å². The quantitative estimate of drug-likeness (QED) is 0.279. The van der Waals surface area contributed by atoms with Gasteiger partial charge in [-0.25, -0.2) is 4.79 Å². The number of esters is 1. The molecule has 0 fully saturated rings. The van der Waals surface area contributed by atoms with Gasteiger partial charge in [0.2, 0.25) is 5.78 Å². The predicted octanol–water partition coefficient (Wildman–Crippen LogP) is 4.07. The summed E-state index contributed by atoms with van der Waals surface area (Å²) in [4.78, 5) is 25.2. The highest BCUT2D eigenvalue weighted by atomic mass is 32.2. The van der Waals surface area contributed by atoms with Crippen LogP contribution < -0.4 is 5.56 Å². The molecule has 0 atom stereocenters. The van der Waals surface area contributed by atoms with Crippen molar-refractivity contribution in [3.63, 3.8) is 0 Å². The Balaban J connectivity index is 1.57. The lowest BCUT2D eigenvalue weighted by Crippen LogP contribution is -2.24. The Hall–Kier alpha value is -3.85. The first-order valence-electron chi connectivity index (χ1n) is 10.3. The fourth-order valence-electron chi connectivity index (χ4n) is 3.80. The van der Waals surface area contributed by atoms with Gasteiger partial charge < -0.3 is 9.15 Å². The smallest absolute Gasteiger partial charge is 0.341 e. The molecule has 3 heterocycles. The summed E-state index contributed by atoms with van der Waals surface area (Å²) in [5, 5.41) is 9.93. The topological polar surface area (TPSA) is 91.6 Å². The Bertz CT molecular complexity index is 1540. The summed E-state index contributed by atoms with van der Waals surface area (Å²) in [7, 11) is 1.34. The number of hydrogen-bond donors (Lipinski definition) is 0. The van der Waals surface area contributed by atoms with Crippen molar-refractivity contribution in [2.75, 3.05) is 7.11 Å². The molecule has 3 aromatic heterocycles. The number of carbonyl (C=O) groups excluding carboxylic acids is 1. The van der Waals surface area contributed by atoms with E-state index in [9.17, 15) is 9.59 Å². The fourth-order valence-corrected chi connectivity index (χ4v) is 4.62. The molecule has 0 bridgehead atoms. The molecule has 166 valence electrons. The molecule has 0 aliphatic rings. The summed E-state index contributed by atoms with van der Waals surface area (Å²) in [6.45, 7) is 2.11. The molecule has 0 N–H and O–H groups in total. The largest absolute Gasteiger partial charge is 0.465 e. The number of carbonyl (C=O) groups is 1. The van der Waals surface area contributed by atoms with Gasteiger partial charge in [-0.3, -0.25) is 13.8 Å². The molecular formula is C24H20N4O4S. The maximum absolute atomic E-state index is 13.3. The Morgan fingerprint density at radius 3 is 2.64 bits per heavy atom. The predicted molar refractivity (Wildman–Crippen MR) is 125 cm³/mol. The number of furan rings is 1. The lowest BCUT2D eigenvalue weighted by atomic mass is 10.2. The molecule has 5 aromatic rings. The first-order valence-corrected chi connectivity index (χ1v) is 11.3. The van der Waals surface area contributed by atoms with E-state index in [0.29, 0.717) is 45.7 Å². The third-order valence-corrected chi connectivity index (χ3v) is 6.33. The van der Waals surface area contributed by atoms with E-state index in [-0.39, 0.29) is 5.56 Å². The summed E-state index contributed by atoms with van der Waals surface area (Å²) in [6, 6.07) is 18.9. The van der Waals surface area contributed by atoms with Crippen LogP contribution in [0.5, 0.6) is 0 Å². The number of nitrogens with zero attached hydrogens (tertiary/aromatic N) is 4. The van der Waals surface area contributed by atoms with Gasteiger partial charge >= 0.3 is 5.97 Å². The number of ether oxygens (including phenoxy) is 1. The second-order valence-corrected chi connectivity index (χ2v) is 8.42. The molecule has 9 heteroatoms. The Kier molecular flexibility index (Phi) is 5.47. The summed E-state index contributed by atoms with van der Waals surface area (Å²) in [5.41, 5.74) is 2.02. The molecule has 0 unspecified atom stereocenters. The van der Waals surface area contributed by atoms with Crippen molar-refractivity contribution in [3.8, 4) is 0 Å². The SMILES string of the molecule is COC(=O)c1cc(CSc2nnc3n(Cc4ccccc4)c(=O)c4ccccc4n23)oc1C. The van der Waals surface area contributed by atoms with Crippen molar-refractivity contribution in [2.24, 2.45) is 0 Å². The van der Waals surface area contributed by atoms with Crippen LogP contribution in [0.3, 0.4) is 0 Å². The average Bonchev–Trinajstić information content (AvgIpc) is 3.44. The van der Waals surface area contributed by atoms with Crippen molar-refractivity contribution in [2.45, 2.75) is 24.4 Å². The van der Waals surface area contributed by atoms with E-state index < -0.39 is 5.97 Å². The van der Waals surface area contributed by atoms with Crippen LogP contribution in [0.4, 0.5) is 0 Å². The number of aryl methyl sites for hydroxylation is 1. The highest BCUT2D eigenvalue weighted by Crippen LogP contribution is 2.27. The minimum Gasteiger partial charge on any atom is -0.465 e. The number of fused-ring (bicyclic) bond motifs is 3. The lowest BCUT2D eigenvalue weighted by molar-refractivity contribution is 0.0599. The molecule has 0 radical (unpaired) electrons. The Morgan fingerprint density at radius 1 is 1.09 bits per heavy atom. The van der Waals surface area contributed by atoms with E-state index in [1.165, 1.54) is 18.9 Å². The maximum Gasteiger partial charge on any atom is 0.341 e. The van der Waals surface area contributed by atoms with Crippen molar-refractivity contribution in [3.05, 3.63) is 93.7 Å². The first kappa shape index (κ1) is 21.0. The number of methoxy groups -OCH3 is 1. The summed E-state index contributed by atoms with van der Waals surface area (Å²) in [6.07, 6.45) is 0. The van der Waals surface area contributed by atoms with Gasteiger partial charge in [-0.1, -0.05) is 54.2 Å². The van der Waals surface area contributed by atoms with Crippen LogP contribution in [-0.2, 0) is 17.0 Å². The van der Waals surface area contributed by atoms with E-state index in [2.05, 4.69) is 10.2 Å². The second kappa shape index (κ2) is 8.59. The molecule has 2 aromatic carbocycles. The molecule has 33 heavy (non-hydrogen) atoms. The normalized spacial score (nSPS) is 11.3. The Labute approximate surface area is 192 Å². The third kappa shape index (κ3) is 3.80. The summed E-state index contributed by atoms with van der Waals surface area (Å²) >= 11 is 1.41. The lowest BCUT2D eigenvalue weighted by Gasteiger charge is -2.11.